The molecule has 28 heavy (non-hydrogen) atoms. The van der Waals surface area contributed by atoms with E-state index in [0.717, 1.165) is 42.5 Å². The number of piperidine rings is 1. The largest absolute Gasteiger partial charge is 0.360 e. The van der Waals surface area contributed by atoms with Crippen LogP contribution in [0.1, 0.15) is 34.5 Å². The van der Waals surface area contributed by atoms with Gasteiger partial charge in [-0.05, 0) is 62.1 Å². The first-order valence-electron chi connectivity index (χ1n) is 9.97. The van der Waals surface area contributed by atoms with Crippen molar-refractivity contribution in [1.29, 1.82) is 0 Å². The van der Waals surface area contributed by atoms with E-state index in [2.05, 4.69) is 66.0 Å². The average molecular weight is 373 g/mol. The quantitative estimate of drug-likeness (QED) is 0.698. The second kappa shape index (κ2) is 6.59. The summed E-state index contributed by atoms with van der Waals surface area (Å²) in [7, 11) is 0. The van der Waals surface area contributed by atoms with E-state index in [4.69, 9.17) is 0 Å². The van der Waals surface area contributed by atoms with Gasteiger partial charge < -0.3 is 20.1 Å². The van der Waals surface area contributed by atoms with E-state index < -0.39 is 0 Å². The second-order valence-electron chi connectivity index (χ2n) is 7.87. The van der Waals surface area contributed by atoms with Crippen molar-refractivity contribution in [3.05, 3.63) is 66.0 Å². The van der Waals surface area contributed by atoms with E-state index in [1.807, 2.05) is 17.0 Å². The maximum absolute atomic E-state index is 13.1. The van der Waals surface area contributed by atoms with Crippen molar-refractivity contribution in [3.8, 4) is 0 Å². The van der Waals surface area contributed by atoms with Crippen LogP contribution in [-0.2, 0) is 0 Å². The Morgan fingerprint density at radius 2 is 1.86 bits per heavy atom. The van der Waals surface area contributed by atoms with Crippen molar-refractivity contribution in [2.24, 2.45) is 0 Å². The highest BCUT2D eigenvalue weighted by atomic mass is 16.2. The third-order valence-electron chi connectivity index (χ3n) is 6.26. The average Bonchev–Trinajstić information content (AvgIpc) is 3.35. The summed E-state index contributed by atoms with van der Waals surface area (Å²) in [6.07, 6.45) is 1.94. The lowest BCUT2D eigenvalue weighted by atomic mass is 10.0. The zero-order chi connectivity index (χ0) is 19.3. The van der Waals surface area contributed by atoms with E-state index in [1.165, 1.54) is 16.8 Å². The van der Waals surface area contributed by atoms with Crippen molar-refractivity contribution in [2.45, 2.75) is 32.7 Å². The summed E-state index contributed by atoms with van der Waals surface area (Å²) in [6, 6.07) is 15.0. The molecule has 5 nitrogen and oxygen atoms in total. The molecule has 1 aromatic heterocycles. The molecule has 0 atom stereocenters. The molecule has 3 aromatic rings. The Morgan fingerprint density at radius 1 is 1.07 bits per heavy atom. The van der Waals surface area contributed by atoms with E-state index in [9.17, 15) is 4.79 Å². The minimum atomic E-state index is 0.107. The number of carbonyl (C=O) groups is 1. The van der Waals surface area contributed by atoms with E-state index >= 15 is 0 Å². The summed E-state index contributed by atoms with van der Waals surface area (Å²) >= 11 is 0. The van der Waals surface area contributed by atoms with Crippen molar-refractivity contribution < 1.29 is 4.79 Å². The van der Waals surface area contributed by atoms with Gasteiger partial charge in [-0.1, -0.05) is 18.2 Å². The summed E-state index contributed by atoms with van der Waals surface area (Å²) in [5, 5.41) is 4.49. The number of amides is 1. The molecule has 0 spiro atoms. The first-order valence-corrected chi connectivity index (χ1v) is 9.97. The monoisotopic (exact) mass is 373 g/mol. The summed E-state index contributed by atoms with van der Waals surface area (Å²) in [5.41, 5.74) is 6.61. The number of benzene rings is 2. The molecule has 1 amide bonds. The summed E-state index contributed by atoms with van der Waals surface area (Å²) in [5.74, 6) is 0.107. The van der Waals surface area contributed by atoms with Crippen molar-refractivity contribution in [1.82, 2.24) is 9.88 Å². The molecule has 2 aliphatic heterocycles. The molecule has 2 aromatic carbocycles. The van der Waals surface area contributed by atoms with Gasteiger partial charge in [-0.15, -0.1) is 0 Å². The highest BCUT2D eigenvalue weighted by molar-refractivity contribution is 5.99. The van der Waals surface area contributed by atoms with Gasteiger partial charge in [-0.2, -0.15) is 0 Å². The highest BCUT2D eigenvalue weighted by Gasteiger charge is 2.31. The van der Waals surface area contributed by atoms with Gasteiger partial charge >= 0.3 is 0 Å². The van der Waals surface area contributed by atoms with Gasteiger partial charge in [-0.25, -0.2) is 0 Å². The smallest absolute Gasteiger partial charge is 0.270 e. The number of fused-ring (bicyclic) bond motifs is 2. The zero-order valence-electron chi connectivity index (χ0n) is 16.3. The molecule has 0 unspecified atom stereocenters. The van der Waals surface area contributed by atoms with Gasteiger partial charge in [0.25, 0.3) is 5.91 Å². The molecule has 2 aliphatic rings. The molecule has 5 rings (SSSR count). The topological polar surface area (TPSA) is 51.4 Å². The number of para-hydroxylation sites is 2. The molecule has 3 heterocycles. The summed E-state index contributed by atoms with van der Waals surface area (Å²) in [6.45, 7) is 7.85. The van der Waals surface area contributed by atoms with Crippen LogP contribution in [-0.4, -0.2) is 34.9 Å². The van der Waals surface area contributed by atoms with Crippen molar-refractivity contribution in [3.63, 3.8) is 0 Å². The van der Waals surface area contributed by atoms with Crippen LogP contribution in [0.4, 0.5) is 11.4 Å². The van der Waals surface area contributed by atoms with E-state index in [0.29, 0.717) is 11.7 Å². The summed E-state index contributed by atoms with van der Waals surface area (Å²) < 4.78 is 0. The van der Waals surface area contributed by atoms with Gasteiger partial charge in [0.2, 0.25) is 0 Å². The van der Waals surface area contributed by atoms with Crippen LogP contribution in [0.15, 0.2) is 42.5 Å². The molecular weight excluding hydrogens is 348 g/mol. The van der Waals surface area contributed by atoms with Crippen LogP contribution in [0.3, 0.4) is 0 Å². The number of aromatic nitrogens is 1. The number of carbonyl (C=O) groups excluding carboxylic acids is 1. The fraction of sp³-hybridized carbons (Fsp3) is 0.304. The fourth-order valence-corrected chi connectivity index (χ4v) is 4.42. The number of aromatic amines is 1. The molecular formula is C23H25N4O. The molecule has 1 fully saturated rings. The SMILES string of the molecule is Cc1ccc2[nH]c(C(=O)N3CCC(N4[CH]Nc5ccccc54)CC3)cc2c1C. The minimum absolute atomic E-state index is 0.107. The third kappa shape index (κ3) is 2.73. The number of likely N-dealkylation sites (tertiary alicyclic amines) is 1. The molecule has 0 bridgehead atoms. The van der Waals surface area contributed by atoms with Crippen molar-refractivity contribution >= 4 is 28.2 Å². The molecule has 0 aliphatic carbocycles. The van der Waals surface area contributed by atoms with Gasteiger partial charge in [0.05, 0.1) is 11.4 Å². The van der Waals surface area contributed by atoms with Crippen LogP contribution < -0.4 is 10.2 Å². The van der Waals surface area contributed by atoms with Crippen LogP contribution in [0.25, 0.3) is 10.9 Å². The van der Waals surface area contributed by atoms with Crippen LogP contribution in [0.2, 0.25) is 0 Å². The number of nitrogens with one attached hydrogen (secondary N) is 2. The molecule has 5 heteroatoms. The standard InChI is InChI=1S/C23H25N4O/c1-15-7-8-19-18(16(15)2)13-21(25-19)23(28)26-11-9-17(10-12-26)27-14-24-20-5-3-4-6-22(20)27/h3-8,13-14,17,24-25H,9-12H2,1-2H3. The second-order valence-corrected chi connectivity index (χ2v) is 7.87. The Morgan fingerprint density at radius 3 is 2.68 bits per heavy atom. The van der Waals surface area contributed by atoms with Crippen molar-refractivity contribution in [2.75, 3.05) is 23.3 Å². The van der Waals surface area contributed by atoms with Crippen LogP contribution in [0, 0.1) is 20.5 Å². The Labute approximate surface area is 165 Å². The fourth-order valence-electron chi connectivity index (χ4n) is 4.42. The predicted molar refractivity (Wildman–Crippen MR) is 114 cm³/mol. The number of hydrogen-bond donors (Lipinski definition) is 2. The molecule has 0 saturated carbocycles. The third-order valence-corrected chi connectivity index (χ3v) is 6.26. The van der Waals surface area contributed by atoms with Crippen LogP contribution in [0.5, 0.6) is 0 Å². The van der Waals surface area contributed by atoms with Gasteiger partial charge in [0, 0.05) is 30.0 Å². The zero-order valence-corrected chi connectivity index (χ0v) is 16.3. The first-order chi connectivity index (χ1) is 13.6. The van der Waals surface area contributed by atoms with Gasteiger partial charge in [0.1, 0.15) is 12.4 Å². The number of anilines is 2. The molecule has 1 saturated heterocycles. The Balaban J connectivity index is 1.30. The van der Waals surface area contributed by atoms with Gasteiger partial charge in [0.15, 0.2) is 0 Å². The van der Waals surface area contributed by atoms with Gasteiger partial charge in [-0.3, -0.25) is 4.79 Å². The number of nitrogens with zero attached hydrogens (tertiary/aromatic N) is 2. The Hall–Kier alpha value is -2.95. The maximum atomic E-state index is 13.1. The lowest BCUT2D eigenvalue weighted by molar-refractivity contribution is 0.0709. The predicted octanol–water partition coefficient (Wildman–Crippen LogP) is 4.44. The molecule has 2 N–H and O–H groups in total. The first kappa shape index (κ1) is 17.2. The maximum Gasteiger partial charge on any atom is 0.270 e. The van der Waals surface area contributed by atoms with Crippen LogP contribution >= 0.6 is 0 Å². The van der Waals surface area contributed by atoms with E-state index in [1.54, 1.807) is 0 Å². The number of aryl methyl sites for hydroxylation is 2. The highest BCUT2D eigenvalue weighted by Crippen LogP contribution is 2.36. The molecule has 1 radical (unpaired) electrons. The Bertz CT molecular complexity index is 1050. The lowest BCUT2D eigenvalue weighted by Crippen LogP contribution is -2.45. The number of hydrogen-bond acceptors (Lipinski definition) is 3. The molecule has 143 valence electrons. The minimum Gasteiger partial charge on any atom is -0.360 e. The number of H-pyrrole nitrogens is 1. The Kier molecular flexibility index (Phi) is 4.04. The summed E-state index contributed by atoms with van der Waals surface area (Å²) in [4.78, 5) is 20.7. The van der Waals surface area contributed by atoms with E-state index in [-0.39, 0.29) is 5.91 Å². The normalized spacial score (nSPS) is 17.1. The number of rotatable bonds is 2. The lowest BCUT2D eigenvalue weighted by Gasteiger charge is -2.37.